The Morgan fingerprint density at radius 3 is 2.53 bits per heavy atom. The number of rotatable bonds is 3. The van der Waals surface area contributed by atoms with E-state index in [1.165, 1.54) is 29.6 Å². The highest BCUT2D eigenvalue weighted by atomic mass is 35.5. The Morgan fingerprint density at radius 1 is 1.47 bits per heavy atom. The van der Waals surface area contributed by atoms with Gasteiger partial charge in [-0.3, -0.25) is 0 Å². The molecule has 1 rings (SSSR count). The lowest BCUT2D eigenvalue weighted by Gasteiger charge is -2.15. The van der Waals surface area contributed by atoms with Crippen LogP contribution in [0.4, 0.5) is 5.69 Å². The molecule has 15 heavy (non-hydrogen) atoms. The second kappa shape index (κ2) is 4.38. The minimum absolute atomic E-state index is 0.158. The van der Waals surface area contributed by atoms with Crippen LogP contribution in [0, 0.1) is 0 Å². The number of halogens is 1. The number of nitrogens with zero attached hydrogens (tertiary/aromatic N) is 1. The second-order valence-corrected chi connectivity index (χ2v) is 5.55. The Bertz CT molecular complexity index is 459. The fourth-order valence-corrected chi connectivity index (χ4v) is 2.47. The van der Waals surface area contributed by atoms with Gasteiger partial charge in [-0.05, 0) is 18.2 Å². The molecule has 6 heteroatoms. The van der Waals surface area contributed by atoms with Gasteiger partial charge in [-0.2, -0.15) is 0 Å². The third-order valence-electron chi connectivity index (χ3n) is 2.13. The van der Waals surface area contributed by atoms with Crippen molar-refractivity contribution in [3.8, 4) is 0 Å². The molecular weight excluding hydrogens is 236 g/mol. The number of hydrogen-bond donors (Lipinski definition) is 1. The number of anilines is 1. The lowest BCUT2D eigenvalue weighted by molar-refractivity contribution is 0.486. The fraction of sp³-hybridized carbons (Fsp3) is 0.333. The van der Waals surface area contributed by atoms with Gasteiger partial charge in [0.05, 0.1) is 15.6 Å². The van der Waals surface area contributed by atoms with E-state index in [-0.39, 0.29) is 9.92 Å². The van der Waals surface area contributed by atoms with Crippen LogP contribution in [0.5, 0.6) is 0 Å². The zero-order valence-corrected chi connectivity index (χ0v) is 10.1. The smallest absolute Gasteiger partial charge is 0.242 e. The predicted molar refractivity (Wildman–Crippen MR) is 61.4 cm³/mol. The van der Waals surface area contributed by atoms with Crippen LogP contribution in [-0.4, -0.2) is 26.3 Å². The molecule has 0 fully saturated rings. The molecule has 0 saturated heterocycles. The maximum Gasteiger partial charge on any atom is 0.242 e. The summed E-state index contributed by atoms with van der Waals surface area (Å²) in [4.78, 5) is 0.158. The number of hydrogen-bond acceptors (Lipinski definition) is 3. The van der Waals surface area contributed by atoms with Gasteiger partial charge in [-0.25, -0.2) is 12.7 Å². The van der Waals surface area contributed by atoms with Crippen LogP contribution in [0.15, 0.2) is 23.1 Å². The van der Waals surface area contributed by atoms with Crippen LogP contribution < -0.4 is 5.73 Å². The van der Waals surface area contributed by atoms with Gasteiger partial charge in [0.15, 0.2) is 0 Å². The van der Waals surface area contributed by atoms with E-state index in [0.29, 0.717) is 12.2 Å². The zero-order chi connectivity index (χ0) is 11.6. The first kappa shape index (κ1) is 12.3. The SMILES string of the molecule is CCN(C)S(=O)(=O)c1ccc(N)c(Cl)c1. The standard InChI is InChI=1S/C9H13ClN2O2S/c1-3-12(2)15(13,14)7-4-5-9(11)8(10)6-7/h4-6H,3,11H2,1-2H3. The van der Waals surface area contributed by atoms with Gasteiger partial charge in [0, 0.05) is 13.6 Å². The highest BCUT2D eigenvalue weighted by Gasteiger charge is 2.19. The molecule has 0 atom stereocenters. The number of sulfonamides is 1. The van der Waals surface area contributed by atoms with Crippen LogP contribution in [0.1, 0.15) is 6.92 Å². The lowest BCUT2D eigenvalue weighted by atomic mass is 10.3. The van der Waals surface area contributed by atoms with Gasteiger partial charge in [-0.15, -0.1) is 0 Å². The molecule has 1 aromatic rings. The molecule has 1 aromatic carbocycles. The summed E-state index contributed by atoms with van der Waals surface area (Å²) < 4.78 is 25.0. The molecule has 0 spiro atoms. The Balaban J connectivity index is 3.23. The summed E-state index contributed by atoms with van der Waals surface area (Å²) >= 11 is 5.76. The highest BCUT2D eigenvalue weighted by Crippen LogP contribution is 2.23. The molecule has 0 unspecified atom stereocenters. The van der Waals surface area contributed by atoms with E-state index in [1.54, 1.807) is 6.92 Å². The molecule has 0 amide bonds. The average molecular weight is 249 g/mol. The van der Waals surface area contributed by atoms with Gasteiger partial charge in [-0.1, -0.05) is 18.5 Å². The molecule has 4 nitrogen and oxygen atoms in total. The van der Waals surface area contributed by atoms with Crippen molar-refractivity contribution in [2.24, 2.45) is 0 Å². The van der Waals surface area contributed by atoms with Crippen molar-refractivity contribution in [2.75, 3.05) is 19.3 Å². The second-order valence-electron chi connectivity index (χ2n) is 3.10. The molecule has 0 aliphatic heterocycles. The van der Waals surface area contributed by atoms with Gasteiger partial charge in [0.25, 0.3) is 0 Å². The van der Waals surface area contributed by atoms with E-state index in [0.717, 1.165) is 0 Å². The van der Waals surface area contributed by atoms with Crippen molar-refractivity contribution < 1.29 is 8.42 Å². The van der Waals surface area contributed by atoms with E-state index < -0.39 is 10.0 Å². The van der Waals surface area contributed by atoms with Crippen LogP contribution in [0.2, 0.25) is 5.02 Å². The molecule has 0 heterocycles. The first-order valence-corrected chi connectivity index (χ1v) is 6.22. The molecular formula is C9H13ClN2O2S. The van der Waals surface area contributed by atoms with Crippen molar-refractivity contribution in [1.82, 2.24) is 4.31 Å². The highest BCUT2D eigenvalue weighted by molar-refractivity contribution is 7.89. The minimum Gasteiger partial charge on any atom is -0.398 e. The number of nitrogen functional groups attached to an aromatic ring is 1. The van der Waals surface area contributed by atoms with E-state index in [4.69, 9.17) is 17.3 Å². The zero-order valence-electron chi connectivity index (χ0n) is 8.57. The Labute approximate surface area is 94.7 Å². The molecule has 0 saturated carbocycles. The van der Waals surface area contributed by atoms with Crippen LogP contribution >= 0.6 is 11.6 Å². The van der Waals surface area contributed by atoms with Gasteiger partial charge >= 0.3 is 0 Å². The van der Waals surface area contributed by atoms with Gasteiger partial charge in [0.2, 0.25) is 10.0 Å². The Hall–Kier alpha value is -0.780. The summed E-state index contributed by atoms with van der Waals surface area (Å²) in [7, 11) is -1.92. The molecule has 2 N–H and O–H groups in total. The van der Waals surface area contributed by atoms with Gasteiger partial charge < -0.3 is 5.73 Å². The lowest BCUT2D eigenvalue weighted by Crippen LogP contribution is -2.26. The summed E-state index contributed by atoms with van der Waals surface area (Å²) in [6.07, 6.45) is 0. The van der Waals surface area contributed by atoms with Crippen molar-refractivity contribution >= 4 is 27.3 Å². The molecule has 0 aliphatic carbocycles. The first-order valence-electron chi connectivity index (χ1n) is 4.41. The Morgan fingerprint density at radius 2 is 2.07 bits per heavy atom. The maximum atomic E-state index is 11.9. The minimum atomic E-state index is -3.43. The summed E-state index contributed by atoms with van der Waals surface area (Å²) in [6, 6.07) is 4.29. The van der Waals surface area contributed by atoms with Crippen molar-refractivity contribution in [3.05, 3.63) is 23.2 Å². The number of nitrogens with two attached hydrogens (primary N) is 1. The normalized spacial score (nSPS) is 12.0. The summed E-state index contributed by atoms with van der Waals surface area (Å²) in [6.45, 7) is 2.17. The molecule has 84 valence electrons. The number of benzene rings is 1. The topological polar surface area (TPSA) is 63.4 Å². The molecule has 0 aliphatic rings. The van der Waals surface area contributed by atoms with E-state index >= 15 is 0 Å². The third kappa shape index (κ3) is 2.42. The summed E-state index contributed by atoms with van der Waals surface area (Å²) in [5.41, 5.74) is 5.87. The molecule has 0 aromatic heterocycles. The van der Waals surface area contributed by atoms with Crippen LogP contribution in [-0.2, 0) is 10.0 Å². The third-order valence-corrected chi connectivity index (χ3v) is 4.38. The van der Waals surface area contributed by atoms with Gasteiger partial charge in [0.1, 0.15) is 0 Å². The van der Waals surface area contributed by atoms with E-state index in [2.05, 4.69) is 0 Å². The fourth-order valence-electron chi connectivity index (χ4n) is 1.02. The predicted octanol–water partition coefficient (Wildman–Crippen LogP) is 1.56. The van der Waals surface area contributed by atoms with E-state index in [1.807, 2.05) is 0 Å². The molecule has 0 radical (unpaired) electrons. The first-order chi connectivity index (χ1) is 6.89. The van der Waals surface area contributed by atoms with Crippen LogP contribution in [0.25, 0.3) is 0 Å². The maximum absolute atomic E-state index is 11.9. The summed E-state index contributed by atoms with van der Waals surface area (Å²) in [5.74, 6) is 0. The quantitative estimate of drug-likeness (QED) is 0.826. The Kier molecular flexibility index (Phi) is 3.59. The van der Waals surface area contributed by atoms with Crippen LogP contribution in [0.3, 0.4) is 0 Å². The average Bonchev–Trinajstić information content (AvgIpc) is 2.20. The van der Waals surface area contributed by atoms with Crippen molar-refractivity contribution in [1.29, 1.82) is 0 Å². The largest absolute Gasteiger partial charge is 0.398 e. The monoisotopic (exact) mass is 248 g/mol. The van der Waals surface area contributed by atoms with Crippen molar-refractivity contribution in [3.63, 3.8) is 0 Å². The van der Waals surface area contributed by atoms with E-state index in [9.17, 15) is 8.42 Å². The summed E-state index contributed by atoms with van der Waals surface area (Å²) in [5, 5.41) is 0.251. The molecule has 0 bridgehead atoms. The van der Waals surface area contributed by atoms with Crippen molar-refractivity contribution in [2.45, 2.75) is 11.8 Å².